The topological polar surface area (TPSA) is 38.8 Å². The monoisotopic (exact) mass is 407 g/mol. The van der Waals surface area contributed by atoms with Gasteiger partial charge in [0, 0.05) is 17.0 Å². The van der Waals surface area contributed by atoms with Crippen LogP contribution in [0.2, 0.25) is 0 Å². The zero-order valence-corrected chi connectivity index (χ0v) is 18.0. The molecule has 29 heavy (non-hydrogen) atoms. The summed E-state index contributed by atoms with van der Waals surface area (Å²) in [7, 11) is 3.30. The fraction of sp³-hybridized carbons (Fsp3) is 0.292. The molecular weight excluding hydrogens is 382 g/mol. The molecule has 2 heterocycles. The van der Waals surface area contributed by atoms with Crippen LogP contribution in [0.1, 0.15) is 43.5 Å². The molecule has 1 atom stereocenters. The van der Waals surface area contributed by atoms with E-state index >= 15 is 0 Å². The van der Waals surface area contributed by atoms with E-state index < -0.39 is 0 Å². The average molecular weight is 408 g/mol. The Kier molecular flexibility index (Phi) is 5.33. The van der Waals surface area contributed by atoms with Crippen molar-refractivity contribution < 1.29 is 14.3 Å². The molecule has 1 aliphatic rings. The Labute approximate surface area is 175 Å². The van der Waals surface area contributed by atoms with Gasteiger partial charge in [0.25, 0.3) is 5.91 Å². The number of carbonyl (C=O) groups excluding carboxylic acids is 1. The lowest BCUT2D eigenvalue weighted by atomic mass is 9.90. The lowest BCUT2D eigenvalue weighted by molar-refractivity contribution is 0.0696. The smallest absolute Gasteiger partial charge is 0.254 e. The quantitative estimate of drug-likeness (QED) is 0.599. The van der Waals surface area contributed by atoms with Crippen molar-refractivity contribution in [2.75, 3.05) is 20.8 Å². The third-order valence-electron chi connectivity index (χ3n) is 5.42. The summed E-state index contributed by atoms with van der Waals surface area (Å²) in [5.74, 6) is 1.48. The molecule has 4 rings (SSSR count). The molecule has 0 bridgehead atoms. The van der Waals surface area contributed by atoms with Gasteiger partial charge in [0.1, 0.15) is 0 Å². The van der Waals surface area contributed by atoms with Gasteiger partial charge < -0.3 is 14.4 Å². The van der Waals surface area contributed by atoms with Crippen LogP contribution in [0.5, 0.6) is 11.5 Å². The second-order valence-corrected chi connectivity index (χ2v) is 8.43. The van der Waals surface area contributed by atoms with Gasteiger partial charge in [-0.15, -0.1) is 11.3 Å². The number of amides is 1. The van der Waals surface area contributed by atoms with Crippen LogP contribution in [-0.4, -0.2) is 31.6 Å². The van der Waals surface area contributed by atoms with E-state index in [1.54, 1.807) is 25.6 Å². The van der Waals surface area contributed by atoms with Crippen molar-refractivity contribution in [2.45, 2.75) is 26.3 Å². The molecule has 0 fully saturated rings. The van der Waals surface area contributed by atoms with Gasteiger partial charge in [-0.3, -0.25) is 4.79 Å². The predicted octanol–water partition coefficient (Wildman–Crippen LogP) is 5.17. The van der Waals surface area contributed by atoms with E-state index in [2.05, 4.69) is 17.5 Å². The van der Waals surface area contributed by atoms with E-state index in [0.29, 0.717) is 12.3 Å². The first-order chi connectivity index (χ1) is 14.0. The maximum Gasteiger partial charge on any atom is 0.254 e. The zero-order chi connectivity index (χ0) is 20.5. The molecule has 0 saturated carbocycles. The fourth-order valence-corrected chi connectivity index (χ4v) is 5.04. The van der Waals surface area contributed by atoms with Crippen LogP contribution >= 0.6 is 11.3 Å². The van der Waals surface area contributed by atoms with E-state index in [0.717, 1.165) is 39.3 Å². The van der Waals surface area contributed by atoms with Gasteiger partial charge in [0.2, 0.25) is 0 Å². The fourth-order valence-electron chi connectivity index (χ4n) is 4.18. The van der Waals surface area contributed by atoms with Gasteiger partial charge in [0.15, 0.2) is 11.5 Å². The lowest BCUT2D eigenvalue weighted by Crippen LogP contribution is -2.40. The van der Waals surface area contributed by atoms with Gasteiger partial charge in [-0.2, -0.15) is 0 Å². The number of nitrogens with zero attached hydrogens (tertiary/aromatic N) is 1. The Morgan fingerprint density at radius 3 is 2.34 bits per heavy atom. The van der Waals surface area contributed by atoms with Crippen LogP contribution < -0.4 is 9.47 Å². The number of methoxy groups -OCH3 is 2. The van der Waals surface area contributed by atoms with Crippen molar-refractivity contribution in [1.29, 1.82) is 0 Å². The molecule has 1 aromatic heterocycles. The lowest BCUT2D eigenvalue weighted by Gasteiger charge is -2.37. The largest absolute Gasteiger partial charge is 0.493 e. The van der Waals surface area contributed by atoms with Crippen LogP contribution in [0, 0.1) is 13.8 Å². The third-order valence-corrected chi connectivity index (χ3v) is 6.34. The molecule has 3 aromatic rings. The zero-order valence-electron chi connectivity index (χ0n) is 17.2. The number of carbonyl (C=O) groups is 1. The molecule has 2 aromatic carbocycles. The highest BCUT2D eigenvalue weighted by Crippen LogP contribution is 2.42. The van der Waals surface area contributed by atoms with Crippen LogP contribution in [0.3, 0.4) is 0 Å². The summed E-state index contributed by atoms with van der Waals surface area (Å²) >= 11 is 1.67. The second-order valence-electron chi connectivity index (χ2n) is 7.45. The summed E-state index contributed by atoms with van der Waals surface area (Å²) < 4.78 is 11.1. The van der Waals surface area contributed by atoms with Gasteiger partial charge in [-0.05, 0) is 67.1 Å². The Hall–Kier alpha value is -2.79. The van der Waals surface area contributed by atoms with Crippen LogP contribution in [0.4, 0.5) is 0 Å². The SMILES string of the molecule is COc1cc2c(cc1OC)[C@H](c1cccs1)N(C(=O)c1cc(C)cc(C)c1)CC2. The maximum absolute atomic E-state index is 13.6. The normalized spacial score (nSPS) is 15.7. The molecule has 150 valence electrons. The van der Waals surface area contributed by atoms with Crippen molar-refractivity contribution >= 4 is 17.2 Å². The highest BCUT2D eigenvalue weighted by atomic mass is 32.1. The number of ether oxygens (including phenoxy) is 2. The minimum Gasteiger partial charge on any atom is -0.493 e. The molecule has 4 nitrogen and oxygen atoms in total. The first kappa shape index (κ1) is 19.5. The van der Waals surface area contributed by atoms with E-state index in [1.807, 2.05) is 49.1 Å². The van der Waals surface area contributed by atoms with Crippen LogP contribution in [0.15, 0.2) is 47.8 Å². The number of hydrogen-bond donors (Lipinski definition) is 0. The molecule has 0 saturated heterocycles. The Morgan fingerprint density at radius 1 is 1.03 bits per heavy atom. The molecule has 0 unspecified atom stereocenters. The van der Waals surface area contributed by atoms with E-state index in [4.69, 9.17) is 9.47 Å². The first-order valence-electron chi connectivity index (χ1n) is 9.69. The highest BCUT2D eigenvalue weighted by Gasteiger charge is 2.34. The summed E-state index contributed by atoms with van der Waals surface area (Å²) in [5, 5.41) is 2.06. The van der Waals surface area contributed by atoms with E-state index in [1.165, 1.54) is 5.56 Å². The van der Waals surface area contributed by atoms with Crippen molar-refractivity contribution in [3.63, 3.8) is 0 Å². The summed E-state index contributed by atoms with van der Waals surface area (Å²) in [6.07, 6.45) is 0.786. The van der Waals surface area contributed by atoms with E-state index in [-0.39, 0.29) is 11.9 Å². The molecule has 1 amide bonds. The van der Waals surface area contributed by atoms with Crippen molar-refractivity contribution in [3.8, 4) is 11.5 Å². The third kappa shape index (κ3) is 3.62. The van der Waals surface area contributed by atoms with Gasteiger partial charge in [-0.1, -0.05) is 23.3 Å². The average Bonchev–Trinajstić information content (AvgIpc) is 3.24. The number of thiophene rings is 1. The Morgan fingerprint density at radius 2 is 1.72 bits per heavy atom. The van der Waals surface area contributed by atoms with Crippen molar-refractivity contribution in [3.05, 3.63) is 80.5 Å². The molecule has 0 radical (unpaired) electrons. The molecule has 5 heteroatoms. The molecular formula is C24H25NO3S. The predicted molar refractivity (Wildman–Crippen MR) is 116 cm³/mol. The summed E-state index contributed by atoms with van der Waals surface area (Å²) in [4.78, 5) is 16.7. The van der Waals surface area contributed by atoms with Crippen LogP contribution in [-0.2, 0) is 6.42 Å². The molecule has 0 spiro atoms. The number of benzene rings is 2. The maximum atomic E-state index is 13.6. The summed E-state index contributed by atoms with van der Waals surface area (Å²) in [6, 6.07) is 14.1. The van der Waals surface area contributed by atoms with Gasteiger partial charge in [0.05, 0.1) is 20.3 Å². The Balaban J connectivity index is 1.82. The number of fused-ring (bicyclic) bond motifs is 1. The van der Waals surface area contributed by atoms with Gasteiger partial charge >= 0.3 is 0 Å². The molecule has 0 N–H and O–H groups in total. The number of hydrogen-bond acceptors (Lipinski definition) is 4. The minimum absolute atomic E-state index is 0.0654. The van der Waals surface area contributed by atoms with Crippen LogP contribution in [0.25, 0.3) is 0 Å². The summed E-state index contributed by atoms with van der Waals surface area (Å²) in [5.41, 5.74) is 5.25. The molecule has 0 aliphatic carbocycles. The first-order valence-corrected chi connectivity index (χ1v) is 10.6. The number of rotatable bonds is 4. The standard InChI is InChI=1S/C24H25NO3S/c1-15-10-16(2)12-18(11-15)24(26)25-8-7-17-13-20(27-3)21(28-4)14-19(17)23(25)22-6-5-9-29-22/h5-6,9-14,23H,7-8H2,1-4H3/t23-/m1/s1. The van der Waals surface area contributed by atoms with Crippen molar-refractivity contribution in [2.24, 2.45) is 0 Å². The summed E-state index contributed by atoms with van der Waals surface area (Å²) in [6.45, 7) is 4.73. The number of aryl methyl sites for hydroxylation is 2. The highest BCUT2D eigenvalue weighted by molar-refractivity contribution is 7.10. The molecule has 1 aliphatic heterocycles. The van der Waals surface area contributed by atoms with Gasteiger partial charge in [-0.25, -0.2) is 0 Å². The Bertz CT molecular complexity index is 1020. The minimum atomic E-state index is -0.133. The van der Waals surface area contributed by atoms with Crippen molar-refractivity contribution in [1.82, 2.24) is 4.90 Å². The van der Waals surface area contributed by atoms with E-state index in [9.17, 15) is 4.79 Å². The second kappa shape index (κ2) is 7.91.